The first-order valence-corrected chi connectivity index (χ1v) is 11.1. The predicted molar refractivity (Wildman–Crippen MR) is 127 cm³/mol. The molecule has 3 aromatic carbocycles. The van der Waals surface area contributed by atoms with Gasteiger partial charge in [-0.3, -0.25) is 9.59 Å². The van der Waals surface area contributed by atoms with Gasteiger partial charge in [-0.15, -0.1) is 0 Å². The van der Waals surface area contributed by atoms with Gasteiger partial charge in [0.05, 0.1) is 7.11 Å². The molecule has 6 nitrogen and oxygen atoms in total. The number of hydrogen-bond donors (Lipinski definition) is 0. The molecule has 170 valence electrons. The molecule has 0 bridgehead atoms. The summed E-state index contributed by atoms with van der Waals surface area (Å²) in [4.78, 5) is 29.7. The van der Waals surface area contributed by atoms with Gasteiger partial charge in [-0.25, -0.2) is 0 Å². The number of ether oxygens (including phenoxy) is 2. The van der Waals surface area contributed by atoms with Crippen molar-refractivity contribution >= 4 is 17.6 Å². The first-order chi connectivity index (χ1) is 16.2. The van der Waals surface area contributed by atoms with Crippen molar-refractivity contribution in [2.24, 2.45) is 0 Å². The van der Waals surface area contributed by atoms with Crippen LogP contribution in [-0.2, 0) is 14.3 Å². The van der Waals surface area contributed by atoms with E-state index in [4.69, 9.17) is 9.47 Å². The molecule has 0 unspecified atom stereocenters. The van der Waals surface area contributed by atoms with E-state index in [-0.39, 0.29) is 12.5 Å². The first-order valence-electron chi connectivity index (χ1n) is 11.1. The highest BCUT2D eigenvalue weighted by Gasteiger charge is 2.27. The second kappa shape index (κ2) is 10.7. The van der Waals surface area contributed by atoms with Crippen LogP contribution in [0.15, 0.2) is 84.9 Å². The minimum Gasteiger partial charge on any atom is -0.497 e. The summed E-state index contributed by atoms with van der Waals surface area (Å²) in [6.07, 6.45) is 0. The van der Waals surface area contributed by atoms with Crippen molar-refractivity contribution in [1.29, 1.82) is 0 Å². The van der Waals surface area contributed by atoms with Gasteiger partial charge in [0.15, 0.2) is 6.61 Å². The number of hydrogen-bond acceptors (Lipinski definition) is 5. The Bertz CT molecular complexity index is 1010. The number of nitrogens with zero attached hydrogens (tertiary/aromatic N) is 2. The van der Waals surface area contributed by atoms with Crippen molar-refractivity contribution in [2.75, 3.05) is 44.8 Å². The fourth-order valence-electron chi connectivity index (χ4n) is 4.07. The molecule has 0 radical (unpaired) electrons. The Balaban J connectivity index is 1.33. The van der Waals surface area contributed by atoms with Crippen LogP contribution in [0.1, 0.15) is 17.0 Å². The molecule has 1 amide bonds. The number of anilines is 1. The molecule has 6 heteroatoms. The lowest BCUT2D eigenvalue weighted by atomic mass is 9.91. The zero-order chi connectivity index (χ0) is 23.0. The van der Waals surface area contributed by atoms with Gasteiger partial charge in [0, 0.05) is 31.9 Å². The normalized spacial score (nSPS) is 13.6. The molecule has 0 aromatic heterocycles. The lowest BCUT2D eigenvalue weighted by Gasteiger charge is -2.36. The van der Waals surface area contributed by atoms with Gasteiger partial charge in [-0.05, 0) is 35.4 Å². The SMILES string of the molecule is COc1ccc(N2CCN(C(=O)COC(=O)C(c3ccccc3)c3ccccc3)CC2)cc1. The van der Waals surface area contributed by atoms with Crippen LogP contribution in [0.3, 0.4) is 0 Å². The van der Waals surface area contributed by atoms with E-state index in [2.05, 4.69) is 4.90 Å². The quantitative estimate of drug-likeness (QED) is 0.520. The van der Waals surface area contributed by atoms with Crippen LogP contribution in [-0.4, -0.2) is 56.7 Å². The average Bonchev–Trinajstić information content (AvgIpc) is 2.89. The molecule has 0 N–H and O–H groups in total. The van der Waals surface area contributed by atoms with E-state index in [1.165, 1.54) is 0 Å². The van der Waals surface area contributed by atoms with Gasteiger partial charge in [-0.1, -0.05) is 60.7 Å². The molecule has 4 rings (SSSR count). The van der Waals surface area contributed by atoms with Gasteiger partial charge in [0.2, 0.25) is 0 Å². The van der Waals surface area contributed by atoms with E-state index in [0.717, 1.165) is 35.7 Å². The Hall–Kier alpha value is -3.80. The third-order valence-corrected chi connectivity index (χ3v) is 5.91. The highest BCUT2D eigenvalue weighted by Crippen LogP contribution is 2.26. The number of esters is 1. The second-order valence-corrected chi connectivity index (χ2v) is 7.93. The van der Waals surface area contributed by atoms with E-state index in [1.807, 2.05) is 84.9 Å². The van der Waals surface area contributed by atoms with E-state index in [0.29, 0.717) is 13.1 Å². The summed E-state index contributed by atoms with van der Waals surface area (Å²) in [5.41, 5.74) is 2.78. The number of carbonyl (C=O) groups is 2. The number of rotatable bonds is 7. The van der Waals surface area contributed by atoms with E-state index < -0.39 is 11.9 Å². The summed E-state index contributed by atoms with van der Waals surface area (Å²) in [6, 6.07) is 26.9. The standard InChI is InChI=1S/C27H28N2O4/c1-32-24-14-12-23(13-15-24)28-16-18-29(19-17-28)25(30)20-33-27(31)26(21-8-4-2-5-9-21)22-10-6-3-7-11-22/h2-15,26H,16-20H2,1H3. The molecule has 1 saturated heterocycles. The van der Waals surface area contributed by atoms with Crippen LogP contribution in [0, 0.1) is 0 Å². The van der Waals surface area contributed by atoms with Crippen molar-refractivity contribution < 1.29 is 19.1 Å². The lowest BCUT2D eigenvalue weighted by molar-refractivity contribution is -0.152. The van der Waals surface area contributed by atoms with Crippen LogP contribution in [0.5, 0.6) is 5.75 Å². The minimum atomic E-state index is -0.563. The van der Waals surface area contributed by atoms with Crippen molar-refractivity contribution in [3.8, 4) is 5.75 Å². The van der Waals surface area contributed by atoms with E-state index in [1.54, 1.807) is 12.0 Å². The maximum atomic E-state index is 13.0. The number of piperazine rings is 1. The van der Waals surface area contributed by atoms with E-state index >= 15 is 0 Å². The third-order valence-electron chi connectivity index (χ3n) is 5.91. The molecule has 1 fully saturated rings. The van der Waals surface area contributed by atoms with Crippen LogP contribution in [0.25, 0.3) is 0 Å². The maximum Gasteiger partial charge on any atom is 0.318 e. The number of benzene rings is 3. The Morgan fingerprint density at radius 3 is 1.85 bits per heavy atom. The molecule has 0 spiro atoms. The Kier molecular flexibility index (Phi) is 7.25. The molecule has 3 aromatic rings. The zero-order valence-electron chi connectivity index (χ0n) is 18.7. The largest absolute Gasteiger partial charge is 0.497 e. The fraction of sp³-hybridized carbons (Fsp3) is 0.259. The van der Waals surface area contributed by atoms with Crippen molar-refractivity contribution in [1.82, 2.24) is 4.90 Å². The first kappa shape index (κ1) is 22.4. The number of methoxy groups -OCH3 is 1. The van der Waals surface area contributed by atoms with Gasteiger partial charge in [0.1, 0.15) is 11.7 Å². The van der Waals surface area contributed by atoms with Gasteiger partial charge in [-0.2, -0.15) is 0 Å². The average molecular weight is 445 g/mol. The second-order valence-electron chi connectivity index (χ2n) is 7.93. The summed E-state index contributed by atoms with van der Waals surface area (Å²) in [7, 11) is 1.65. The lowest BCUT2D eigenvalue weighted by Crippen LogP contribution is -2.50. The van der Waals surface area contributed by atoms with Crippen LogP contribution in [0.4, 0.5) is 5.69 Å². The molecular formula is C27H28N2O4. The van der Waals surface area contributed by atoms with Gasteiger partial charge < -0.3 is 19.3 Å². The minimum absolute atomic E-state index is 0.169. The highest BCUT2D eigenvalue weighted by molar-refractivity contribution is 5.85. The van der Waals surface area contributed by atoms with Crippen molar-refractivity contribution in [2.45, 2.75) is 5.92 Å². The van der Waals surface area contributed by atoms with Crippen molar-refractivity contribution in [3.05, 3.63) is 96.1 Å². The Morgan fingerprint density at radius 2 is 1.33 bits per heavy atom. The molecule has 1 heterocycles. The fourth-order valence-corrected chi connectivity index (χ4v) is 4.07. The van der Waals surface area contributed by atoms with Gasteiger partial charge >= 0.3 is 5.97 Å². The zero-order valence-corrected chi connectivity index (χ0v) is 18.7. The summed E-state index contributed by atoms with van der Waals surface area (Å²) in [5, 5.41) is 0. The molecule has 0 atom stereocenters. The molecule has 1 aliphatic heterocycles. The summed E-state index contributed by atoms with van der Waals surface area (Å²) >= 11 is 0. The summed E-state index contributed by atoms with van der Waals surface area (Å²) in [5.74, 6) is -0.332. The molecular weight excluding hydrogens is 416 g/mol. The smallest absolute Gasteiger partial charge is 0.318 e. The molecule has 33 heavy (non-hydrogen) atoms. The molecule has 0 aliphatic carbocycles. The maximum absolute atomic E-state index is 13.0. The van der Waals surface area contributed by atoms with Crippen LogP contribution in [0.2, 0.25) is 0 Å². The Labute approximate surface area is 194 Å². The van der Waals surface area contributed by atoms with Crippen LogP contribution < -0.4 is 9.64 Å². The van der Waals surface area contributed by atoms with Crippen LogP contribution >= 0.6 is 0 Å². The molecule has 0 saturated carbocycles. The predicted octanol–water partition coefficient (Wildman–Crippen LogP) is 3.72. The number of amides is 1. The topological polar surface area (TPSA) is 59.1 Å². The monoisotopic (exact) mass is 444 g/mol. The van der Waals surface area contributed by atoms with E-state index in [9.17, 15) is 9.59 Å². The Morgan fingerprint density at radius 1 is 0.788 bits per heavy atom. The molecule has 1 aliphatic rings. The summed E-state index contributed by atoms with van der Waals surface area (Å²) in [6.45, 7) is 2.37. The summed E-state index contributed by atoms with van der Waals surface area (Å²) < 4.78 is 10.7. The van der Waals surface area contributed by atoms with Gasteiger partial charge in [0.25, 0.3) is 5.91 Å². The van der Waals surface area contributed by atoms with Crippen molar-refractivity contribution in [3.63, 3.8) is 0 Å². The highest BCUT2D eigenvalue weighted by atomic mass is 16.5. The number of carbonyl (C=O) groups excluding carboxylic acids is 2. The third kappa shape index (κ3) is 5.52.